The second-order valence-electron chi connectivity index (χ2n) is 18.2. The summed E-state index contributed by atoms with van der Waals surface area (Å²) in [5.74, 6) is -1.34. The Bertz CT molecular complexity index is 1580. The van der Waals surface area contributed by atoms with Crippen LogP contribution in [0.4, 0.5) is 0 Å². The number of rotatable bonds is 22. The van der Waals surface area contributed by atoms with Crippen molar-refractivity contribution in [2.75, 3.05) is 34.9 Å². The summed E-state index contributed by atoms with van der Waals surface area (Å²) in [7, 11) is 7.00. The Morgan fingerprint density at radius 1 is 0.966 bits per heavy atom. The summed E-state index contributed by atoms with van der Waals surface area (Å²) in [6.45, 7) is 21.0. The molecule has 1 N–H and O–H groups in total. The van der Waals surface area contributed by atoms with E-state index in [0.717, 1.165) is 23.4 Å². The second-order valence-corrected chi connectivity index (χ2v) is 19.1. The number of nitrogens with zero attached hydrogens (tertiary/aromatic N) is 4. The molecule has 58 heavy (non-hydrogen) atoms. The third-order valence-corrected chi connectivity index (χ3v) is 13.5. The van der Waals surface area contributed by atoms with Crippen molar-refractivity contribution in [3.05, 3.63) is 52.5 Å². The molecule has 326 valence electrons. The lowest BCUT2D eigenvalue weighted by molar-refractivity contribution is -0.149. The maximum absolute atomic E-state index is 14.5. The summed E-state index contributed by atoms with van der Waals surface area (Å²) in [5.41, 5.74) is 0.882. The summed E-state index contributed by atoms with van der Waals surface area (Å²) in [6.07, 6.45) is 3.70. The van der Waals surface area contributed by atoms with Crippen LogP contribution in [0.2, 0.25) is 0 Å². The van der Waals surface area contributed by atoms with Gasteiger partial charge in [-0.15, -0.1) is 11.3 Å². The molecule has 1 aliphatic rings. The molecular formula is C46H75N5O6S. The van der Waals surface area contributed by atoms with Crippen LogP contribution in [0.1, 0.15) is 118 Å². The number of aromatic nitrogens is 1. The Morgan fingerprint density at radius 3 is 2.14 bits per heavy atom. The molecule has 0 unspecified atom stereocenters. The Morgan fingerprint density at radius 2 is 1.62 bits per heavy atom. The van der Waals surface area contributed by atoms with Crippen LogP contribution in [-0.4, -0.2) is 114 Å². The van der Waals surface area contributed by atoms with E-state index in [9.17, 15) is 19.2 Å². The SMILES string of the molecule is CC[C@H](C)[C@@H]([C@@H](CC(=O)N1CCC[C@H]1[C@H](OC)[C@@H](C)C(=O)N[C@@H](Cc1ccccc1)c1nccs1)OC)N(C)C(=O)[C@@H](CC(=O)[C@H](C(C)C)N(C)C(C)(C)C)C(C)C. The smallest absolute Gasteiger partial charge is 0.226 e. The maximum Gasteiger partial charge on any atom is 0.226 e. The minimum absolute atomic E-state index is 0.0112. The fourth-order valence-corrected chi connectivity index (χ4v) is 9.41. The van der Waals surface area contributed by atoms with Crippen LogP contribution < -0.4 is 5.32 Å². The highest BCUT2D eigenvalue weighted by atomic mass is 32.1. The molecular weight excluding hydrogens is 751 g/mol. The minimum atomic E-state index is -0.588. The highest BCUT2D eigenvalue weighted by molar-refractivity contribution is 7.09. The molecule has 11 nitrogen and oxygen atoms in total. The zero-order valence-corrected chi connectivity index (χ0v) is 38.8. The van der Waals surface area contributed by atoms with Crippen LogP contribution in [0.25, 0.3) is 0 Å². The standard InChI is InChI=1S/C46H75N5O6S/c1-15-31(6)41(49(11)45(55)34(29(2)3)27-37(52)40(30(4)5)50(12)46(8,9)10)38(56-13)28-39(53)51-24-19-22-36(51)42(57-14)32(7)43(54)48-35(44-47-23-25-58-44)26-33-20-17-16-18-21-33/h16-18,20-21,23,25,29-32,34-36,38,40-42H,15,19,22,24,26-28H2,1-14H3,(H,48,54)/t31-,32+,34-,35-,36-,38+,40-,41-,42+/m0/s1. The molecule has 2 aromatic rings. The monoisotopic (exact) mass is 826 g/mol. The lowest BCUT2D eigenvalue weighted by Gasteiger charge is -2.42. The number of likely N-dealkylation sites (tertiary alicyclic amines) is 1. The van der Waals surface area contributed by atoms with E-state index >= 15 is 0 Å². The predicted octanol–water partition coefficient (Wildman–Crippen LogP) is 7.45. The number of methoxy groups -OCH3 is 2. The number of likely N-dealkylation sites (N-methyl/N-ethyl adjacent to an activating group) is 2. The van der Waals surface area contributed by atoms with Crippen molar-refractivity contribution in [2.24, 2.45) is 29.6 Å². The Kier molecular flexibility index (Phi) is 19.0. The molecule has 2 heterocycles. The van der Waals surface area contributed by atoms with Gasteiger partial charge in [-0.05, 0) is 70.4 Å². The summed E-state index contributed by atoms with van der Waals surface area (Å²) < 4.78 is 12.2. The van der Waals surface area contributed by atoms with Crippen LogP contribution in [-0.2, 0) is 35.1 Å². The molecule has 0 radical (unpaired) electrons. The molecule has 0 spiro atoms. The van der Waals surface area contributed by atoms with Gasteiger partial charge in [0.05, 0.1) is 48.7 Å². The topological polar surface area (TPSA) is 121 Å². The number of hydrogen-bond acceptors (Lipinski definition) is 9. The van der Waals surface area contributed by atoms with Crippen molar-refractivity contribution in [1.82, 2.24) is 25.0 Å². The molecule has 3 rings (SSSR count). The van der Waals surface area contributed by atoms with Crippen molar-refractivity contribution in [2.45, 2.75) is 150 Å². The molecule has 1 aromatic heterocycles. The van der Waals surface area contributed by atoms with Gasteiger partial charge in [0.15, 0.2) is 5.78 Å². The third-order valence-electron chi connectivity index (χ3n) is 12.6. The van der Waals surface area contributed by atoms with Crippen molar-refractivity contribution < 1.29 is 28.7 Å². The molecule has 1 aliphatic heterocycles. The molecule has 12 heteroatoms. The predicted molar refractivity (Wildman–Crippen MR) is 233 cm³/mol. The number of carbonyl (C=O) groups is 4. The van der Waals surface area contributed by atoms with E-state index < -0.39 is 30.1 Å². The van der Waals surface area contributed by atoms with Crippen LogP contribution >= 0.6 is 11.3 Å². The van der Waals surface area contributed by atoms with Crippen LogP contribution in [0.5, 0.6) is 0 Å². The number of carbonyl (C=O) groups excluding carboxylic acids is 4. The Hall–Kier alpha value is -3.19. The number of hydrogen-bond donors (Lipinski definition) is 1. The third kappa shape index (κ3) is 12.7. The van der Waals surface area contributed by atoms with Gasteiger partial charge in [-0.2, -0.15) is 0 Å². The first-order valence-corrected chi connectivity index (χ1v) is 22.3. The van der Waals surface area contributed by atoms with E-state index in [-0.39, 0.29) is 77.8 Å². The van der Waals surface area contributed by atoms with Crippen LogP contribution in [0.15, 0.2) is 41.9 Å². The minimum Gasteiger partial charge on any atom is -0.379 e. The molecule has 1 fully saturated rings. The number of benzene rings is 1. The number of nitrogens with one attached hydrogen (secondary N) is 1. The molecule has 0 aliphatic carbocycles. The summed E-state index contributed by atoms with van der Waals surface area (Å²) >= 11 is 1.51. The molecule has 9 atom stereocenters. The highest BCUT2D eigenvalue weighted by Gasteiger charge is 2.44. The van der Waals surface area contributed by atoms with Crippen molar-refractivity contribution in [3.63, 3.8) is 0 Å². The zero-order chi connectivity index (χ0) is 43.5. The van der Waals surface area contributed by atoms with E-state index in [0.29, 0.717) is 19.4 Å². The average Bonchev–Trinajstić information content (AvgIpc) is 3.90. The quantitative estimate of drug-likeness (QED) is 0.130. The Balaban J connectivity index is 1.80. The van der Waals surface area contributed by atoms with E-state index in [1.54, 1.807) is 32.4 Å². The Labute approximate surface area is 354 Å². The van der Waals surface area contributed by atoms with Crippen LogP contribution in [0.3, 0.4) is 0 Å². The van der Waals surface area contributed by atoms with E-state index in [4.69, 9.17) is 9.47 Å². The van der Waals surface area contributed by atoms with Gasteiger partial charge in [-0.3, -0.25) is 24.1 Å². The molecule has 0 saturated carbocycles. The normalized spacial score (nSPS) is 19.1. The molecule has 0 bridgehead atoms. The van der Waals surface area contributed by atoms with Crippen molar-refractivity contribution in [3.8, 4) is 0 Å². The summed E-state index contributed by atoms with van der Waals surface area (Å²) in [6, 6.07) is 8.71. The fraction of sp³-hybridized carbons (Fsp3) is 0.717. The van der Waals surface area contributed by atoms with Gasteiger partial charge in [-0.1, -0.05) is 85.2 Å². The number of Topliss-reactive ketones (excluding diaryl/α,β-unsaturated/α-hetero) is 1. The number of thiazole rings is 1. The second kappa shape index (κ2) is 22.4. The van der Waals surface area contributed by atoms with Gasteiger partial charge in [0.2, 0.25) is 17.7 Å². The van der Waals surface area contributed by atoms with E-state index in [1.807, 2.05) is 68.4 Å². The maximum atomic E-state index is 14.5. The average molecular weight is 826 g/mol. The van der Waals surface area contributed by atoms with Gasteiger partial charge in [0, 0.05) is 57.3 Å². The molecule has 1 aromatic carbocycles. The first-order valence-electron chi connectivity index (χ1n) is 21.4. The zero-order valence-electron chi connectivity index (χ0n) is 38.0. The largest absolute Gasteiger partial charge is 0.379 e. The number of ketones is 1. The van der Waals surface area contributed by atoms with Crippen molar-refractivity contribution >= 4 is 34.8 Å². The highest BCUT2D eigenvalue weighted by Crippen LogP contribution is 2.32. The lowest BCUT2D eigenvalue weighted by atomic mass is 9.83. The van der Waals surface area contributed by atoms with Gasteiger partial charge in [0.25, 0.3) is 0 Å². The van der Waals surface area contributed by atoms with E-state index in [1.165, 1.54) is 11.3 Å². The van der Waals surface area contributed by atoms with Gasteiger partial charge >= 0.3 is 0 Å². The van der Waals surface area contributed by atoms with Crippen molar-refractivity contribution in [1.29, 1.82) is 0 Å². The molecule has 1 saturated heterocycles. The first kappa shape index (κ1) is 49.2. The molecule has 3 amide bonds. The lowest BCUT2D eigenvalue weighted by Crippen LogP contribution is -2.55. The summed E-state index contributed by atoms with van der Waals surface area (Å²) in [4.78, 5) is 67.1. The van der Waals surface area contributed by atoms with Crippen LogP contribution in [0, 0.1) is 29.6 Å². The fourth-order valence-electron chi connectivity index (χ4n) is 8.73. The number of amides is 3. The van der Waals surface area contributed by atoms with Gasteiger partial charge in [0.1, 0.15) is 5.01 Å². The number of ether oxygens (including phenoxy) is 2. The van der Waals surface area contributed by atoms with E-state index in [2.05, 4.69) is 63.7 Å². The first-order chi connectivity index (χ1) is 27.3. The van der Waals surface area contributed by atoms with Gasteiger partial charge < -0.3 is 24.6 Å². The summed E-state index contributed by atoms with van der Waals surface area (Å²) in [5, 5.41) is 5.99. The van der Waals surface area contributed by atoms with Gasteiger partial charge in [-0.25, -0.2) is 4.98 Å².